The van der Waals surface area contributed by atoms with Crippen LogP contribution in [-0.4, -0.2) is 24.8 Å². The molecule has 0 aromatic heterocycles. The fraction of sp³-hybridized carbons (Fsp3) is 0.778. The van der Waals surface area contributed by atoms with Crippen molar-refractivity contribution < 1.29 is 14.3 Å². The zero-order valence-corrected chi connectivity index (χ0v) is 7.66. The summed E-state index contributed by atoms with van der Waals surface area (Å²) in [6, 6.07) is 2.06. The Balaban J connectivity index is 2.27. The minimum absolute atomic E-state index is 0.0951. The van der Waals surface area contributed by atoms with E-state index in [9.17, 15) is 4.79 Å². The lowest BCUT2D eigenvalue weighted by Crippen LogP contribution is -2.30. The molecule has 1 rings (SSSR count). The van der Waals surface area contributed by atoms with Crippen molar-refractivity contribution in [3.63, 3.8) is 0 Å². The van der Waals surface area contributed by atoms with E-state index in [1.54, 1.807) is 0 Å². The number of carbonyl (C=O) groups excluding carboxylic acids is 1. The molecule has 0 aromatic carbocycles. The molecule has 0 unspecified atom stereocenters. The number of esters is 1. The summed E-state index contributed by atoms with van der Waals surface area (Å²) in [5.41, 5.74) is 0. The van der Waals surface area contributed by atoms with Gasteiger partial charge in [-0.25, -0.2) is 0 Å². The van der Waals surface area contributed by atoms with Gasteiger partial charge in [-0.2, -0.15) is 5.26 Å². The van der Waals surface area contributed by atoms with E-state index in [-0.39, 0.29) is 24.8 Å². The van der Waals surface area contributed by atoms with Crippen LogP contribution in [0.4, 0.5) is 0 Å². The fourth-order valence-corrected chi connectivity index (χ4v) is 1.33. The predicted octanol–water partition coefficient (Wildman–Crippen LogP) is 1.01. The van der Waals surface area contributed by atoms with Gasteiger partial charge in [0.2, 0.25) is 0 Å². The zero-order valence-electron chi connectivity index (χ0n) is 7.66. The summed E-state index contributed by atoms with van der Waals surface area (Å²) in [4.78, 5) is 10.5. The van der Waals surface area contributed by atoms with Crippen LogP contribution >= 0.6 is 0 Å². The zero-order chi connectivity index (χ0) is 9.68. The highest BCUT2D eigenvalue weighted by atomic mass is 16.6. The van der Waals surface area contributed by atoms with Crippen molar-refractivity contribution in [2.24, 2.45) is 0 Å². The van der Waals surface area contributed by atoms with Crippen molar-refractivity contribution >= 4 is 5.97 Å². The van der Waals surface area contributed by atoms with Gasteiger partial charge in [0.05, 0.1) is 12.2 Å². The maximum absolute atomic E-state index is 10.5. The number of rotatable bonds is 2. The van der Waals surface area contributed by atoms with Gasteiger partial charge in [0.1, 0.15) is 12.7 Å². The number of hydrogen-bond donors (Lipinski definition) is 0. The molecule has 0 saturated carbocycles. The molecule has 0 spiro atoms. The van der Waals surface area contributed by atoms with E-state index in [0.717, 1.165) is 19.3 Å². The lowest BCUT2D eigenvalue weighted by atomic mass is 10.1. The first kappa shape index (κ1) is 10.0. The third-order valence-electron chi connectivity index (χ3n) is 1.97. The van der Waals surface area contributed by atoms with Crippen LogP contribution in [0.3, 0.4) is 0 Å². The maximum Gasteiger partial charge on any atom is 0.302 e. The van der Waals surface area contributed by atoms with Crippen molar-refractivity contribution in [3.05, 3.63) is 0 Å². The molecular formula is C9H13NO3. The number of nitriles is 1. The number of carbonyl (C=O) groups is 1. The van der Waals surface area contributed by atoms with Crippen molar-refractivity contribution in [3.8, 4) is 6.07 Å². The Hall–Kier alpha value is -1.08. The van der Waals surface area contributed by atoms with Crippen molar-refractivity contribution in [1.29, 1.82) is 5.26 Å². The Morgan fingerprint density at radius 2 is 2.46 bits per heavy atom. The van der Waals surface area contributed by atoms with Crippen LogP contribution < -0.4 is 0 Å². The van der Waals surface area contributed by atoms with Crippen molar-refractivity contribution in [1.82, 2.24) is 0 Å². The lowest BCUT2D eigenvalue weighted by molar-refractivity contribution is -0.147. The Labute approximate surface area is 77.4 Å². The van der Waals surface area contributed by atoms with Gasteiger partial charge >= 0.3 is 5.97 Å². The first-order valence-electron chi connectivity index (χ1n) is 4.41. The van der Waals surface area contributed by atoms with Gasteiger partial charge in [0, 0.05) is 6.92 Å². The second kappa shape index (κ2) is 4.83. The average Bonchev–Trinajstić information content (AvgIpc) is 2.15. The minimum Gasteiger partial charge on any atom is -0.463 e. The summed E-state index contributed by atoms with van der Waals surface area (Å²) in [7, 11) is 0. The van der Waals surface area contributed by atoms with E-state index in [4.69, 9.17) is 14.7 Å². The SMILES string of the molecule is CC(=O)OC[C@@H]1CCC[C@H](C#N)O1. The summed E-state index contributed by atoms with van der Waals surface area (Å²) in [5, 5.41) is 8.60. The van der Waals surface area contributed by atoms with E-state index < -0.39 is 0 Å². The Morgan fingerprint density at radius 3 is 3.08 bits per heavy atom. The normalized spacial score (nSPS) is 27.7. The van der Waals surface area contributed by atoms with Crippen molar-refractivity contribution in [2.75, 3.05) is 6.61 Å². The number of ether oxygens (including phenoxy) is 2. The maximum atomic E-state index is 10.5. The molecule has 2 atom stereocenters. The molecule has 72 valence electrons. The van der Waals surface area contributed by atoms with Gasteiger partial charge in [0.15, 0.2) is 0 Å². The molecule has 4 nitrogen and oxygen atoms in total. The Kier molecular flexibility index (Phi) is 3.71. The molecule has 13 heavy (non-hydrogen) atoms. The number of nitrogens with zero attached hydrogens (tertiary/aromatic N) is 1. The van der Waals surface area contributed by atoms with Crippen LogP contribution in [0.5, 0.6) is 0 Å². The molecule has 4 heteroatoms. The minimum atomic E-state index is -0.325. The van der Waals surface area contributed by atoms with Gasteiger partial charge in [-0.15, -0.1) is 0 Å². The summed E-state index contributed by atoms with van der Waals surface area (Å²) in [6.45, 7) is 1.64. The molecule has 0 aliphatic carbocycles. The molecule has 1 heterocycles. The van der Waals surface area contributed by atoms with Gasteiger partial charge < -0.3 is 9.47 Å². The van der Waals surface area contributed by atoms with E-state index in [1.165, 1.54) is 6.92 Å². The Bertz CT molecular complexity index is 221. The summed E-state index contributed by atoms with van der Waals surface area (Å²) in [5.74, 6) is -0.303. The molecule has 0 aromatic rings. The largest absolute Gasteiger partial charge is 0.463 e. The van der Waals surface area contributed by atoms with Crippen LogP contribution in [0.15, 0.2) is 0 Å². The van der Waals surface area contributed by atoms with Crippen LogP contribution in [0.2, 0.25) is 0 Å². The van der Waals surface area contributed by atoms with E-state index in [1.807, 2.05) is 0 Å². The van der Waals surface area contributed by atoms with Crippen LogP contribution in [-0.2, 0) is 14.3 Å². The van der Waals surface area contributed by atoms with E-state index in [2.05, 4.69) is 6.07 Å². The second-order valence-electron chi connectivity index (χ2n) is 3.11. The quantitative estimate of drug-likeness (QED) is 0.599. The predicted molar refractivity (Wildman–Crippen MR) is 44.8 cm³/mol. The van der Waals surface area contributed by atoms with E-state index in [0.29, 0.717) is 0 Å². The Morgan fingerprint density at radius 1 is 1.69 bits per heavy atom. The molecule has 0 radical (unpaired) electrons. The molecule has 0 bridgehead atoms. The third kappa shape index (κ3) is 3.43. The second-order valence-corrected chi connectivity index (χ2v) is 3.11. The molecule has 0 amide bonds. The van der Waals surface area contributed by atoms with Crippen molar-refractivity contribution in [2.45, 2.75) is 38.4 Å². The third-order valence-corrected chi connectivity index (χ3v) is 1.97. The molecule has 1 aliphatic rings. The highest BCUT2D eigenvalue weighted by Gasteiger charge is 2.22. The van der Waals surface area contributed by atoms with Gasteiger partial charge in [-0.3, -0.25) is 4.79 Å². The van der Waals surface area contributed by atoms with Crippen LogP contribution in [0.25, 0.3) is 0 Å². The number of hydrogen-bond acceptors (Lipinski definition) is 4. The summed E-state index contributed by atoms with van der Waals surface area (Å²) >= 11 is 0. The van der Waals surface area contributed by atoms with Gasteiger partial charge in [-0.05, 0) is 19.3 Å². The summed E-state index contributed by atoms with van der Waals surface area (Å²) < 4.78 is 10.1. The smallest absolute Gasteiger partial charge is 0.302 e. The molecule has 1 aliphatic heterocycles. The van der Waals surface area contributed by atoms with Crippen LogP contribution in [0, 0.1) is 11.3 Å². The highest BCUT2D eigenvalue weighted by Crippen LogP contribution is 2.18. The first-order chi connectivity index (χ1) is 6.22. The highest BCUT2D eigenvalue weighted by molar-refractivity contribution is 5.65. The van der Waals surface area contributed by atoms with Gasteiger partial charge in [0.25, 0.3) is 0 Å². The lowest BCUT2D eigenvalue weighted by Gasteiger charge is -2.25. The van der Waals surface area contributed by atoms with Gasteiger partial charge in [-0.1, -0.05) is 0 Å². The van der Waals surface area contributed by atoms with Crippen LogP contribution in [0.1, 0.15) is 26.2 Å². The fourth-order valence-electron chi connectivity index (χ4n) is 1.33. The molecule has 1 saturated heterocycles. The molecular weight excluding hydrogens is 170 g/mol. The standard InChI is InChI=1S/C9H13NO3/c1-7(11)12-6-9-4-2-3-8(5-10)13-9/h8-9H,2-4,6H2,1H3/t8-,9+/m1/s1. The summed E-state index contributed by atoms with van der Waals surface area (Å²) in [6.07, 6.45) is 2.19. The topological polar surface area (TPSA) is 59.3 Å². The monoisotopic (exact) mass is 183 g/mol. The average molecular weight is 183 g/mol. The first-order valence-corrected chi connectivity index (χ1v) is 4.41. The van der Waals surface area contributed by atoms with E-state index >= 15 is 0 Å². The molecule has 0 N–H and O–H groups in total. The molecule has 1 fully saturated rings.